The number of rotatable bonds is 4. The third kappa shape index (κ3) is 3.02. The first-order valence-electron chi connectivity index (χ1n) is 6.43. The van der Waals surface area contributed by atoms with Crippen molar-refractivity contribution in [3.63, 3.8) is 0 Å². The molecule has 100 valence electrons. The second kappa shape index (κ2) is 5.69. The Kier molecular flexibility index (Phi) is 4.00. The summed E-state index contributed by atoms with van der Waals surface area (Å²) >= 11 is 0. The molecule has 0 atom stereocenters. The van der Waals surface area contributed by atoms with Crippen molar-refractivity contribution < 1.29 is 9.53 Å². The van der Waals surface area contributed by atoms with Crippen LogP contribution in [0, 0.1) is 0 Å². The highest BCUT2D eigenvalue weighted by Gasteiger charge is 2.11. The van der Waals surface area contributed by atoms with Crippen LogP contribution in [0.1, 0.15) is 42.7 Å². The molecule has 0 amide bonds. The Labute approximate surface area is 113 Å². The predicted octanol–water partition coefficient (Wildman–Crippen LogP) is 3.17. The van der Waals surface area contributed by atoms with E-state index in [0.29, 0.717) is 18.2 Å². The second-order valence-electron chi connectivity index (χ2n) is 4.64. The lowest BCUT2D eigenvalue weighted by atomic mass is 10.0. The molecule has 1 aromatic carbocycles. The van der Waals surface area contributed by atoms with Crippen molar-refractivity contribution in [2.45, 2.75) is 26.7 Å². The maximum atomic E-state index is 11.6. The summed E-state index contributed by atoms with van der Waals surface area (Å²) in [6.45, 7) is 6.43. The van der Waals surface area contributed by atoms with E-state index in [1.807, 2.05) is 16.7 Å². The molecule has 0 unspecified atom stereocenters. The van der Waals surface area contributed by atoms with E-state index in [9.17, 15) is 4.79 Å². The Morgan fingerprint density at radius 1 is 1.42 bits per heavy atom. The lowest BCUT2D eigenvalue weighted by Crippen LogP contribution is -2.04. The van der Waals surface area contributed by atoms with Gasteiger partial charge in [0.25, 0.3) is 0 Å². The molecular weight excluding hydrogens is 240 g/mol. The summed E-state index contributed by atoms with van der Waals surface area (Å²) in [7, 11) is 0. The van der Waals surface area contributed by atoms with Crippen molar-refractivity contribution in [3.8, 4) is 5.69 Å². The Morgan fingerprint density at radius 3 is 2.89 bits per heavy atom. The largest absolute Gasteiger partial charge is 0.461 e. The average Bonchev–Trinajstić information content (AvgIpc) is 2.89. The highest BCUT2D eigenvalue weighted by atomic mass is 16.5. The molecule has 2 aromatic rings. The van der Waals surface area contributed by atoms with Gasteiger partial charge in [-0.05, 0) is 30.5 Å². The van der Waals surface area contributed by atoms with Gasteiger partial charge in [-0.25, -0.2) is 9.78 Å². The Bertz CT molecular complexity index is 573. The molecule has 0 aliphatic heterocycles. The van der Waals surface area contributed by atoms with Crippen molar-refractivity contribution in [3.05, 3.63) is 48.0 Å². The van der Waals surface area contributed by atoms with Crippen molar-refractivity contribution in [1.82, 2.24) is 9.55 Å². The van der Waals surface area contributed by atoms with E-state index in [-0.39, 0.29) is 5.97 Å². The van der Waals surface area contributed by atoms with Crippen molar-refractivity contribution >= 4 is 5.97 Å². The first kappa shape index (κ1) is 13.3. The molecule has 0 bridgehead atoms. The lowest BCUT2D eigenvalue weighted by Gasteiger charge is -2.08. The quantitative estimate of drug-likeness (QED) is 0.791. The number of benzene rings is 1. The molecule has 0 fully saturated rings. The number of ether oxygens (including phenoxy) is 1. The fraction of sp³-hybridized carbons (Fsp3) is 0.333. The smallest absolute Gasteiger partial charge is 0.358 e. The second-order valence-corrected chi connectivity index (χ2v) is 4.64. The van der Waals surface area contributed by atoms with Gasteiger partial charge in [0.05, 0.1) is 6.61 Å². The normalized spacial score (nSPS) is 10.7. The van der Waals surface area contributed by atoms with Crippen LogP contribution in [-0.4, -0.2) is 22.1 Å². The maximum absolute atomic E-state index is 11.6. The summed E-state index contributed by atoms with van der Waals surface area (Å²) in [4.78, 5) is 15.6. The molecule has 0 saturated carbocycles. The first-order chi connectivity index (χ1) is 9.11. The summed E-state index contributed by atoms with van der Waals surface area (Å²) in [6, 6.07) is 8.19. The molecular formula is C15H18N2O2. The Morgan fingerprint density at radius 2 is 2.21 bits per heavy atom. The number of carbonyl (C=O) groups is 1. The lowest BCUT2D eigenvalue weighted by molar-refractivity contribution is 0.0520. The summed E-state index contributed by atoms with van der Waals surface area (Å²) in [6.07, 6.45) is 3.32. The van der Waals surface area contributed by atoms with Crippen LogP contribution < -0.4 is 0 Å². The molecule has 1 heterocycles. The van der Waals surface area contributed by atoms with Crippen LogP contribution >= 0.6 is 0 Å². The van der Waals surface area contributed by atoms with Gasteiger partial charge in [-0.1, -0.05) is 26.0 Å². The van der Waals surface area contributed by atoms with Crippen LogP contribution in [0.5, 0.6) is 0 Å². The van der Waals surface area contributed by atoms with Crippen LogP contribution in [0.15, 0.2) is 36.8 Å². The number of imidazole rings is 1. The molecule has 0 N–H and O–H groups in total. The van der Waals surface area contributed by atoms with Crippen LogP contribution in [0.4, 0.5) is 0 Å². The highest BCUT2D eigenvalue weighted by molar-refractivity contribution is 5.87. The minimum absolute atomic E-state index is 0.330. The first-order valence-corrected chi connectivity index (χ1v) is 6.43. The highest BCUT2D eigenvalue weighted by Crippen LogP contribution is 2.18. The number of carbonyl (C=O) groups excluding carboxylic acids is 1. The van der Waals surface area contributed by atoms with Crippen molar-refractivity contribution in [1.29, 1.82) is 0 Å². The number of esters is 1. The average molecular weight is 258 g/mol. The van der Waals surface area contributed by atoms with Crippen LogP contribution in [0.3, 0.4) is 0 Å². The molecule has 0 saturated heterocycles. The maximum Gasteiger partial charge on any atom is 0.358 e. The SMILES string of the molecule is CCOC(=O)c1cn(-c2cccc(C(C)C)c2)cn1. The van der Waals surface area contributed by atoms with E-state index in [1.54, 1.807) is 19.4 Å². The zero-order chi connectivity index (χ0) is 13.8. The van der Waals surface area contributed by atoms with E-state index < -0.39 is 0 Å². The van der Waals surface area contributed by atoms with Gasteiger partial charge in [0, 0.05) is 11.9 Å². The van der Waals surface area contributed by atoms with Gasteiger partial charge < -0.3 is 9.30 Å². The summed E-state index contributed by atoms with van der Waals surface area (Å²) in [5.41, 5.74) is 2.58. The number of hydrogen-bond donors (Lipinski definition) is 0. The summed E-state index contributed by atoms with van der Waals surface area (Å²) in [5, 5.41) is 0. The molecule has 0 spiro atoms. The molecule has 0 radical (unpaired) electrons. The van der Waals surface area contributed by atoms with Crippen LogP contribution in [-0.2, 0) is 4.74 Å². The Balaban J connectivity index is 2.27. The fourth-order valence-corrected chi connectivity index (χ4v) is 1.82. The fourth-order valence-electron chi connectivity index (χ4n) is 1.82. The van der Waals surface area contributed by atoms with Gasteiger partial charge in [-0.2, -0.15) is 0 Å². The van der Waals surface area contributed by atoms with Crippen molar-refractivity contribution in [2.75, 3.05) is 6.61 Å². The van der Waals surface area contributed by atoms with E-state index in [1.165, 1.54) is 5.56 Å². The Hall–Kier alpha value is -2.10. The van der Waals surface area contributed by atoms with Gasteiger partial charge in [0.15, 0.2) is 5.69 Å². The molecule has 2 rings (SSSR count). The number of nitrogens with zero attached hydrogens (tertiary/aromatic N) is 2. The summed E-state index contributed by atoms with van der Waals surface area (Å²) in [5.74, 6) is 0.0780. The van der Waals surface area contributed by atoms with Crippen LogP contribution in [0.25, 0.3) is 5.69 Å². The molecule has 19 heavy (non-hydrogen) atoms. The third-order valence-corrected chi connectivity index (χ3v) is 2.90. The van der Waals surface area contributed by atoms with Gasteiger partial charge >= 0.3 is 5.97 Å². The predicted molar refractivity (Wildman–Crippen MR) is 73.6 cm³/mol. The van der Waals surface area contributed by atoms with E-state index >= 15 is 0 Å². The third-order valence-electron chi connectivity index (χ3n) is 2.90. The minimum atomic E-state index is -0.388. The van der Waals surface area contributed by atoms with E-state index in [4.69, 9.17) is 4.74 Å². The van der Waals surface area contributed by atoms with Crippen LogP contribution in [0.2, 0.25) is 0 Å². The van der Waals surface area contributed by atoms with E-state index in [0.717, 1.165) is 5.69 Å². The van der Waals surface area contributed by atoms with Crippen molar-refractivity contribution in [2.24, 2.45) is 0 Å². The monoisotopic (exact) mass is 258 g/mol. The van der Waals surface area contributed by atoms with Gasteiger partial charge in [-0.3, -0.25) is 0 Å². The minimum Gasteiger partial charge on any atom is -0.461 e. The summed E-state index contributed by atoms with van der Waals surface area (Å²) < 4.78 is 6.76. The standard InChI is InChI=1S/C15H18N2O2/c1-4-19-15(18)14-9-17(10-16-14)13-7-5-6-12(8-13)11(2)3/h5-11H,4H2,1-3H3. The zero-order valence-electron chi connectivity index (χ0n) is 11.5. The molecule has 4 nitrogen and oxygen atoms in total. The molecule has 0 aliphatic carbocycles. The molecule has 4 heteroatoms. The molecule has 0 aliphatic rings. The van der Waals surface area contributed by atoms with Gasteiger partial charge in [0.1, 0.15) is 6.33 Å². The zero-order valence-corrected chi connectivity index (χ0v) is 11.5. The topological polar surface area (TPSA) is 44.1 Å². The van der Waals surface area contributed by atoms with Gasteiger partial charge in [0.2, 0.25) is 0 Å². The molecule has 1 aromatic heterocycles. The number of hydrogen-bond acceptors (Lipinski definition) is 3. The number of aromatic nitrogens is 2. The van der Waals surface area contributed by atoms with E-state index in [2.05, 4.69) is 31.0 Å². The van der Waals surface area contributed by atoms with Gasteiger partial charge in [-0.15, -0.1) is 0 Å².